The molecule has 84 valence electrons. The van der Waals surface area contributed by atoms with Crippen molar-refractivity contribution in [1.29, 1.82) is 0 Å². The van der Waals surface area contributed by atoms with Crippen LogP contribution in [-0.4, -0.2) is 23.2 Å². The average Bonchev–Trinajstić information content (AvgIpc) is 2.81. The second-order valence-electron chi connectivity index (χ2n) is 3.18. The van der Waals surface area contributed by atoms with Crippen molar-refractivity contribution in [1.82, 2.24) is 14.8 Å². The van der Waals surface area contributed by atoms with Gasteiger partial charge in [-0.25, -0.2) is 8.78 Å². The first-order chi connectivity index (χ1) is 6.91. The minimum Gasteiger partial charge on any atom is -0.292 e. The molecule has 1 fully saturated rings. The monoisotopic (exact) mass is 241 g/mol. The SMILES string of the molecule is O=S(=O)(F)c1nnc(C(F)F)n1C1CC1. The summed E-state index contributed by atoms with van der Waals surface area (Å²) in [5, 5.41) is 4.90. The lowest BCUT2D eigenvalue weighted by molar-refractivity contribution is 0.134. The van der Waals surface area contributed by atoms with Gasteiger partial charge in [0.1, 0.15) is 0 Å². The molecule has 0 bridgehead atoms. The largest absolute Gasteiger partial charge is 0.368 e. The Bertz CT molecular complexity index is 480. The summed E-state index contributed by atoms with van der Waals surface area (Å²) in [7, 11) is -5.10. The Balaban J connectivity index is 2.57. The van der Waals surface area contributed by atoms with Gasteiger partial charge < -0.3 is 0 Å². The van der Waals surface area contributed by atoms with Gasteiger partial charge in [-0.05, 0) is 12.8 Å². The zero-order chi connectivity index (χ0) is 11.2. The molecule has 9 heteroatoms. The number of alkyl halides is 2. The van der Waals surface area contributed by atoms with Gasteiger partial charge in [0.2, 0.25) is 5.82 Å². The highest BCUT2D eigenvalue weighted by Crippen LogP contribution is 2.39. The molecular weight excluding hydrogens is 235 g/mol. The third kappa shape index (κ3) is 1.83. The third-order valence-electron chi connectivity index (χ3n) is 2.02. The van der Waals surface area contributed by atoms with E-state index < -0.39 is 33.7 Å². The van der Waals surface area contributed by atoms with Crippen molar-refractivity contribution < 1.29 is 21.1 Å². The minimum absolute atomic E-state index is 0.426. The molecule has 0 atom stereocenters. The highest BCUT2D eigenvalue weighted by molar-refractivity contribution is 7.86. The van der Waals surface area contributed by atoms with Crippen LogP contribution in [0.2, 0.25) is 0 Å². The Kier molecular flexibility index (Phi) is 2.21. The van der Waals surface area contributed by atoms with E-state index in [9.17, 15) is 21.1 Å². The number of aromatic nitrogens is 3. The molecule has 1 aromatic heterocycles. The van der Waals surface area contributed by atoms with Gasteiger partial charge in [0.05, 0.1) is 0 Å². The summed E-state index contributed by atoms with van der Waals surface area (Å²) in [5.41, 5.74) is 0. The lowest BCUT2D eigenvalue weighted by Gasteiger charge is -2.04. The summed E-state index contributed by atoms with van der Waals surface area (Å²) in [6, 6.07) is -0.426. The van der Waals surface area contributed by atoms with E-state index in [1.807, 2.05) is 0 Å². The van der Waals surface area contributed by atoms with Crippen molar-refractivity contribution in [3.8, 4) is 0 Å². The van der Waals surface area contributed by atoms with Crippen molar-refractivity contribution >= 4 is 10.2 Å². The fourth-order valence-electron chi connectivity index (χ4n) is 1.28. The fraction of sp³-hybridized carbons (Fsp3) is 0.667. The number of hydrogen-bond acceptors (Lipinski definition) is 4. The molecule has 1 heterocycles. The van der Waals surface area contributed by atoms with Gasteiger partial charge in [0.25, 0.3) is 11.6 Å². The van der Waals surface area contributed by atoms with E-state index in [2.05, 4.69) is 10.2 Å². The fourth-order valence-corrected chi connectivity index (χ4v) is 1.90. The molecule has 0 saturated heterocycles. The van der Waals surface area contributed by atoms with E-state index in [-0.39, 0.29) is 0 Å². The normalized spacial score (nSPS) is 17.3. The molecule has 0 aliphatic heterocycles. The standard InChI is InChI=1S/C6H6F3N3O2S/c7-4(8)5-10-11-6(15(9,13)14)12(5)3-1-2-3/h3-4H,1-2H2. The lowest BCUT2D eigenvalue weighted by atomic mass is 10.5. The van der Waals surface area contributed by atoms with Crippen molar-refractivity contribution in [2.75, 3.05) is 0 Å². The Hall–Kier alpha value is -1.12. The highest BCUT2D eigenvalue weighted by atomic mass is 32.3. The number of nitrogens with zero attached hydrogens (tertiary/aromatic N) is 3. The van der Waals surface area contributed by atoms with Crippen LogP contribution in [0, 0.1) is 0 Å². The first-order valence-electron chi connectivity index (χ1n) is 4.09. The molecule has 0 radical (unpaired) electrons. The summed E-state index contributed by atoms with van der Waals surface area (Å²) in [6.07, 6.45) is -1.91. The van der Waals surface area contributed by atoms with Crippen molar-refractivity contribution in [2.45, 2.75) is 30.5 Å². The molecule has 0 aromatic carbocycles. The van der Waals surface area contributed by atoms with Crippen LogP contribution in [0.3, 0.4) is 0 Å². The Morgan fingerprint density at radius 3 is 2.33 bits per heavy atom. The van der Waals surface area contributed by atoms with Crippen LogP contribution >= 0.6 is 0 Å². The third-order valence-corrected chi connectivity index (χ3v) is 2.73. The van der Waals surface area contributed by atoms with E-state index in [4.69, 9.17) is 0 Å². The van der Waals surface area contributed by atoms with Crippen LogP contribution in [0.5, 0.6) is 0 Å². The van der Waals surface area contributed by atoms with Crippen molar-refractivity contribution in [2.24, 2.45) is 0 Å². The van der Waals surface area contributed by atoms with E-state index >= 15 is 0 Å². The molecule has 15 heavy (non-hydrogen) atoms. The summed E-state index contributed by atoms with van der Waals surface area (Å²) in [6.45, 7) is 0. The molecule has 1 saturated carbocycles. The first kappa shape index (κ1) is 10.4. The smallest absolute Gasteiger partial charge is 0.292 e. The predicted octanol–water partition coefficient (Wildman–Crippen LogP) is 1.21. The highest BCUT2D eigenvalue weighted by Gasteiger charge is 2.36. The van der Waals surface area contributed by atoms with Crippen LogP contribution in [-0.2, 0) is 10.2 Å². The van der Waals surface area contributed by atoms with Crippen molar-refractivity contribution in [3.63, 3.8) is 0 Å². The summed E-state index contributed by atoms with van der Waals surface area (Å²) < 4.78 is 59.2. The Morgan fingerprint density at radius 2 is 1.93 bits per heavy atom. The minimum atomic E-state index is -5.10. The van der Waals surface area contributed by atoms with Crippen molar-refractivity contribution in [3.05, 3.63) is 5.82 Å². The molecule has 1 aliphatic rings. The average molecular weight is 241 g/mol. The first-order valence-corrected chi connectivity index (χ1v) is 5.47. The molecule has 0 spiro atoms. The zero-order valence-corrected chi connectivity index (χ0v) is 8.09. The van der Waals surface area contributed by atoms with Gasteiger partial charge in [-0.15, -0.1) is 10.2 Å². The summed E-state index contributed by atoms with van der Waals surface area (Å²) >= 11 is 0. The van der Waals surface area contributed by atoms with Gasteiger partial charge in [0.15, 0.2) is 0 Å². The molecule has 1 aliphatic carbocycles. The molecule has 1 aromatic rings. The van der Waals surface area contributed by atoms with E-state index in [1.54, 1.807) is 0 Å². The van der Waals surface area contributed by atoms with Crippen LogP contribution in [0.4, 0.5) is 12.7 Å². The van der Waals surface area contributed by atoms with E-state index in [0.29, 0.717) is 17.4 Å². The molecule has 0 amide bonds. The second kappa shape index (κ2) is 3.19. The zero-order valence-electron chi connectivity index (χ0n) is 7.27. The van der Waals surface area contributed by atoms with E-state index in [1.165, 1.54) is 0 Å². The van der Waals surface area contributed by atoms with Crippen LogP contribution in [0.1, 0.15) is 31.1 Å². The van der Waals surface area contributed by atoms with Crippen LogP contribution < -0.4 is 0 Å². The maximum absolute atomic E-state index is 12.7. The molecule has 2 rings (SSSR count). The maximum atomic E-state index is 12.7. The maximum Gasteiger partial charge on any atom is 0.368 e. The Labute approximate surface area is 83.1 Å². The van der Waals surface area contributed by atoms with Gasteiger partial charge in [-0.3, -0.25) is 4.57 Å². The molecule has 5 nitrogen and oxygen atoms in total. The molecular formula is C6H6F3N3O2S. The van der Waals surface area contributed by atoms with Crippen LogP contribution in [0.25, 0.3) is 0 Å². The predicted molar refractivity (Wildman–Crippen MR) is 41.5 cm³/mol. The lowest BCUT2D eigenvalue weighted by Crippen LogP contribution is -2.08. The van der Waals surface area contributed by atoms with Gasteiger partial charge in [-0.1, -0.05) is 3.89 Å². The molecule has 0 N–H and O–H groups in total. The summed E-state index contributed by atoms with van der Waals surface area (Å²) in [5.74, 6) is -0.797. The number of rotatable bonds is 3. The second-order valence-corrected chi connectivity index (χ2v) is 4.42. The van der Waals surface area contributed by atoms with Gasteiger partial charge in [-0.2, -0.15) is 8.42 Å². The van der Waals surface area contributed by atoms with Gasteiger partial charge in [0, 0.05) is 6.04 Å². The molecule has 0 unspecified atom stereocenters. The topological polar surface area (TPSA) is 64.8 Å². The van der Waals surface area contributed by atoms with E-state index in [0.717, 1.165) is 0 Å². The van der Waals surface area contributed by atoms with Crippen LogP contribution in [0.15, 0.2) is 5.16 Å². The van der Waals surface area contributed by atoms with Gasteiger partial charge >= 0.3 is 10.2 Å². The number of hydrogen-bond donors (Lipinski definition) is 0. The quantitative estimate of drug-likeness (QED) is 0.746. The number of halogens is 3. The Morgan fingerprint density at radius 1 is 1.33 bits per heavy atom. The summed E-state index contributed by atoms with van der Waals surface area (Å²) in [4.78, 5) is 0.